The number of hydrogen-bond acceptors (Lipinski definition) is 2. The molecule has 0 fully saturated rings. The molecule has 0 aliphatic carbocycles. The molecule has 0 spiro atoms. The summed E-state index contributed by atoms with van der Waals surface area (Å²) < 4.78 is 6.08. The molecule has 2 atom stereocenters. The predicted octanol–water partition coefficient (Wildman–Crippen LogP) is 2.13. The summed E-state index contributed by atoms with van der Waals surface area (Å²) in [4.78, 5) is 13.1. The first-order valence-electron chi connectivity index (χ1n) is 8.65. The summed E-state index contributed by atoms with van der Waals surface area (Å²) in [7, 11) is 2.66. The monoisotopic (exact) mass is 350 g/mol. The largest absolute Gasteiger partial charge is 1.00 e. The van der Waals surface area contributed by atoms with Crippen molar-refractivity contribution in [2.24, 2.45) is 0 Å². The molecule has 130 valence electrons. The third-order valence-corrected chi connectivity index (χ3v) is 4.63. The van der Waals surface area contributed by atoms with Gasteiger partial charge in [0.15, 0.2) is 6.10 Å². The van der Waals surface area contributed by atoms with Crippen LogP contribution in [-0.2, 0) is 0 Å². The molecule has 4 heteroatoms. The number of benzene rings is 2. The van der Waals surface area contributed by atoms with Crippen LogP contribution in [-0.4, -0.2) is 11.9 Å². The normalized spacial score (nSPS) is 11.5. The Balaban J connectivity index is 0.00000312. The Morgan fingerprint density at radius 2 is 1.68 bits per heavy atom. The maximum Gasteiger partial charge on any atom is 1.00 e. The average Bonchev–Trinajstić information content (AvgIpc) is 2.55. The number of Topliss-reactive ketones (excluding diaryl/α,β-unsaturated/α-hetero) is 1. The van der Waals surface area contributed by atoms with E-state index in [1.54, 1.807) is 0 Å². The van der Waals surface area contributed by atoms with E-state index in [0.717, 1.165) is 53.4 Å². The minimum Gasteiger partial charge on any atom is -1.00 e. The first-order chi connectivity index (χ1) is 11.5. The van der Waals surface area contributed by atoms with Crippen molar-refractivity contribution in [2.45, 2.75) is 52.6 Å². The second-order valence-electron chi connectivity index (χ2n) is 6.30. The summed E-state index contributed by atoms with van der Waals surface area (Å²) in [6.45, 7) is 6.15. The average molecular weight is 350 g/mol. The van der Waals surface area contributed by atoms with Gasteiger partial charge in [-0.05, 0) is 55.3 Å². The van der Waals surface area contributed by atoms with Crippen LogP contribution in [0.25, 0.3) is 0 Å². The van der Waals surface area contributed by atoms with E-state index in [9.17, 15) is 4.79 Å². The van der Waals surface area contributed by atoms with E-state index >= 15 is 0 Å². The number of unbranched alkanes of at least 4 members (excludes halogenated alkanes) is 2. The fraction of sp³-hybridized carbons (Fsp3) is 0.381. The smallest absolute Gasteiger partial charge is 1.00 e. The topological polar surface area (TPSA) is 26.3 Å². The molecule has 2 aromatic rings. The summed E-state index contributed by atoms with van der Waals surface area (Å²) in [5.41, 5.74) is 2.84. The van der Waals surface area contributed by atoms with Gasteiger partial charge in [0, 0.05) is 5.56 Å². The van der Waals surface area contributed by atoms with Gasteiger partial charge in [-0.3, -0.25) is 4.79 Å². The molecule has 0 amide bonds. The second-order valence-corrected chi connectivity index (χ2v) is 6.97. The minimum atomic E-state index is -0.424. The van der Waals surface area contributed by atoms with Crippen LogP contribution in [0.1, 0.15) is 55.5 Å². The van der Waals surface area contributed by atoms with Gasteiger partial charge >= 0.3 is 18.9 Å². The van der Waals surface area contributed by atoms with E-state index in [-0.39, 0.29) is 26.1 Å². The van der Waals surface area contributed by atoms with Gasteiger partial charge in [-0.25, -0.2) is 0 Å². The molecule has 0 heterocycles. The van der Waals surface area contributed by atoms with Crippen molar-refractivity contribution in [3.63, 3.8) is 0 Å². The van der Waals surface area contributed by atoms with Crippen LogP contribution >= 0.6 is 9.24 Å². The molecule has 0 aliphatic heterocycles. The molecule has 2 rings (SSSR count). The Morgan fingerprint density at radius 3 is 2.24 bits per heavy atom. The Bertz CT molecular complexity index is 669. The zero-order valence-corrected chi connectivity index (χ0v) is 17.0. The molecular formula is C21H28LiO2P. The van der Waals surface area contributed by atoms with Crippen LogP contribution in [0, 0.1) is 13.8 Å². The van der Waals surface area contributed by atoms with Crippen LogP contribution in [0.2, 0.25) is 0 Å². The Kier molecular flexibility index (Phi) is 9.51. The van der Waals surface area contributed by atoms with Crippen LogP contribution in [0.15, 0.2) is 42.5 Å². The van der Waals surface area contributed by atoms with Gasteiger partial charge in [0.05, 0.1) is 0 Å². The minimum absolute atomic E-state index is 0. The predicted molar refractivity (Wildman–Crippen MR) is 106 cm³/mol. The quantitative estimate of drug-likeness (QED) is 0.316. The molecule has 0 saturated heterocycles. The second kappa shape index (κ2) is 10.8. The van der Waals surface area contributed by atoms with Crippen LogP contribution in [0.5, 0.6) is 5.75 Å². The number of carbonyl (C=O) groups excluding carboxylic acids is 1. The number of ether oxygens (including phenoxy) is 1. The number of ketones is 1. The third kappa shape index (κ3) is 6.30. The summed E-state index contributed by atoms with van der Waals surface area (Å²) in [6.07, 6.45) is 3.57. The number of hydrogen-bond donors (Lipinski definition) is 0. The van der Waals surface area contributed by atoms with E-state index in [2.05, 4.69) is 16.2 Å². The Hall–Kier alpha value is -1.06. The van der Waals surface area contributed by atoms with Crippen LogP contribution in [0.4, 0.5) is 0 Å². The van der Waals surface area contributed by atoms with Crippen molar-refractivity contribution >= 4 is 20.3 Å². The molecule has 2 aromatic carbocycles. The van der Waals surface area contributed by atoms with E-state index in [0.29, 0.717) is 0 Å². The standard InChI is InChI=1S/C21H27O2P.Li.H/c1-4-5-6-10-19(23-17-11-13-18(24)14-12-17)21(22)20-15(2)8-7-9-16(20)3;;/h7-9,11-14,19H,4-6,10,24H2,1-3H3;;/q;+1;-1. The number of carbonyl (C=O) groups is 1. The third-order valence-electron chi connectivity index (χ3n) is 4.25. The SMILES string of the molecule is CCCCCC(Oc1ccc(P)cc1)C(=O)c1c(C)cccc1C.[H-].[Li+]. The van der Waals surface area contributed by atoms with Gasteiger partial charge in [0.2, 0.25) is 5.78 Å². The zero-order chi connectivity index (χ0) is 17.5. The molecule has 2 unspecified atom stereocenters. The fourth-order valence-electron chi connectivity index (χ4n) is 2.90. The first kappa shape index (κ1) is 22.0. The number of rotatable bonds is 8. The summed E-state index contributed by atoms with van der Waals surface area (Å²) in [5.74, 6) is 0.846. The molecule has 0 aliphatic rings. The van der Waals surface area contributed by atoms with Crippen molar-refractivity contribution in [1.82, 2.24) is 0 Å². The van der Waals surface area contributed by atoms with Gasteiger partial charge in [0.1, 0.15) is 5.75 Å². The van der Waals surface area contributed by atoms with Crippen molar-refractivity contribution in [3.8, 4) is 5.75 Å². The van der Waals surface area contributed by atoms with Crippen molar-refractivity contribution in [3.05, 3.63) is 59.2 Å². The maximum absolute atomic E-state index is 13.1. The van der Waals surface area contributed by atoms with Crippen LogP contribution in [0.3, 0.4) is 0 Å². The molecule has 0 bridgehead atoms. The van der Waals surface area contributed by atoms with E-state index < -0.39 is 6.10 Å². The van der Waals surface area contributed by atoms with Gasteiger partial charge < -0.3 is 6.16 Å². The molecule has 0 N–H and O–H groups in total. The van der Waals surface area contributed by atoms with Crippen molar-refractivity contribution < 1.29 is 29.8 Å². The van der Waals surface area contributed by atoms with Crippen molar-refractivity contribution in [1.29, 1.82) is 0 Å². The van der Waals surface area contributed by atoms with Gasteiger partial charge in [-0.15, -0.1) is 9.24 Å². The molecule has 0 saturated carbocycles. The summed E-state index contributed by atoms with van der Waals surface area (Å²) >= 11 is 0. The van der Waals surface area contributed by atoms with Crippen molar-refractivity contribution in [2.75, 3.05) is 0 Å². The molecule has 2 nitrogen and oxygen atoms in total. The summed E-state index contributed by atoms with van der Waals surface area (Å²) in [5, 5.41) is 1.10. The van der Waals surface area contributed by atoms with E-state index in [4.69, 9.17) is 4.74 Å². The zero-order valence-electron chi connectivity index (χ0n) is 16.8. The Labute approximate surface area is 167 Å². The first-order valence-corrected chi connectivity index (χ1v) is 9.23. The molecule has 25 heavy (non-hydrogen) atoms. The van der Waals surface area contributed by atoms with Gasteiger partial charge in [0.25, 0.3) is 0 Å². The van der Waals surface area contributed by atoms with E-state index in [1.807, 2.05) is 56.3 Å². The van der Waals surface area contributed by atoms with Gasteiger partial charge in [-0.1, -0.05) is 50.1 Å². The van der Waals surface area contributed by atoms with Crippen LogP contribution < -0.4 is 28.9 Å². The summed E-state index contributed by atoms with van der Waals surface area (Å²) in [6, 6.07) is 13.8. The molecule has 0 aromatic heterocycles. The molecule has 0 radical (unpaired) electrons. The van der Waals surface area contributed by atoms with E-state index in [1.165, 1.54) is 0 Å². The number of aryl methyl sites for hydroxylation is 2. The van der Waals surface area contributed by atoms with Gasteiger partial charge in [-0.2, -0.15) is 0 Å². The fourth-order valence-corrected chi connectivity index (χ4v) is 3.09. The Morgan fingerprint density at radius 1 is 1.08 bits per heavy atom. The maximum atomic E-state index is 13.1. The molecular weight excluding hydrogens is 322 g/mol.